The summed E-state index contributed by atoms with van der Waals surface area (Å²) >= 11 is 18.2. The molecule has 20 heavy (non-hydrogen) atoms. The van der Waals surface area contributed by atoms with Crippen LogP contribution in [0, 0.1) is 5.82 Å². The van der Waals surface area contributed by atoms with Crippen molar-refractivity contribution in [1.82, 2.24) is 0 Å². The van der Waals surface area contributed by atoms with E-state index in [2.05, 4.69) is 5.32 Å². The zero-order valence-electron chi connectivity index (χ0n) is 10.3. The Morgan fingerprint density at radius 1 is 1.10 bits per heavy atom. The molecule has 0 heterocycles. The first-order chi connectivity index (χ1) is 9.52. The molecule has 0 aliphatic heterocycles. The first-order valence-corrected chi connectivity index (χ1v) is 7.02. The zero-order chi connectivity index (χ0) is 14.7. The van der Waals surface area contributed by atoms with Gasteiger partial charge >= 0.3 is 0 Å². The highest BCUT2D eigenvalue weighted by atomic mass is 35.5. The van der Waals surface area contributed by atoms with Gasteiger partial charge in [0.15, 0.2) is 0 Å². The standard InChI is InChI=1S/C14H12Cl3FN2/c15-10-5-4-8(18)6-12(10)20-13(7-19)9-2-1-3-11(16)14(9)17/h1-6,13,20H,7,19H2. The summed E-state index contributed by atoms with van der Waals surface area (Å²) < 4.78 is 13.3. The van der Waals surface area contributed by atoms with Crippen molar-refractivity contribution in [1.29, 1.82) is 0 Å². The van der Waals surface area contributed by atoms with Gasteiger partial charge in [0.05, 0.1) is 26.8 Å². The van der Waals surface area contributed by atoms with Gasteiger partial charge in [-0.15, -0.1) is 0 Å². The second-order valence-electron chi connectivity index (χ2n) is 4.20. The van der Waals surface area contributed by atoms with Gasteiger partial charge < -0.3 is 11.1 Å². The molecule has 2 aromatic carbocycles. The van der Waals surface area contributed by atoms with Gasteiger partial charge in [0.2, 0.25) is 0 Å². The van der Waals surface area contributed by atoms with Crippen molar-refractivity contribution in [2.24, 2.45) is 5.73 Å². The molecule has 0 spiro atoms. The third-order valence-electron chi connectivity index (χ3n) is 2.85. The minimum atomic E-state index is -0.384. The molecule has 2 aromatic rings. The quantitative estimate of drug-likeness (QED) is 0.835. The monoisotopic (exact) mass is 332 g/mol. The Labute approximate surface area is 131 Å². The van der Waals surface area contributed by atoms with Gasteiger partial charge in [-0.2, -0.15) is 0 Å². The Hall–Kier alpha value is -1.000. The molecule has 0 fully saturated rings. The number of nitrogens with two attached hydrogens (primary N) is 1. The van der Waals surface area contributed by atoms with E-state index < -0.39 is 0 Å². The Morgan fingerprint density at radius 2 is 1.85 bits per heavy atom. The SMILES string of the molecule is NCC(Nc1cc(F)ccc1Cl)c1cccc(Cl)c1Cl. The van der Waals surface area contributed by atoms with Crippen LogP contribution in [0.5, 0.6) is 0 Å². The van der Waals surface area contributed by atoms with Crippen molar-refractivity contribution in [3.05, 3.63) is 62.8 Å². The highest BCUT2D eigenvalue weighted by molar-refractivity contribution is 6.42. The zero-order valence-corrected chi connectivity index (χ0v) is 12.6. The van der Waals surface area contributed by atoms with Crippen molar-refractivity contribution in [3.8, 4) is 0 Å². The first kappa shape index (κ1) is 15.4. The van der Waals surface area contributed by atoms with Crippen molar-refractivity contribution in [3.63, 3.8) is 0 Å². The van der Waals surface area contributed by atoms with Gasteiger partial charge in [-0.05, 0) is 29.8 Å². The Kier molecular flexibility index (Phi) is 5.11. The number of nitrogens with one attached hydrogen (secondary N) is 1. The maximum Gasteiger partial charge on any atom is 0.125 e. The topological polar surface area (TPSA) is 38.0 Å². The predicted molar refractivity (Wildman–Crippen MR) is 83.3 cm³/mol. The van der Waals surface area contributed by atoms with E-state index in [1.807, 2.05) is 6.07 Å². The molecule has 0 aliphatic rings. The molecular weight excluding hydrogens is 322 g/mol. The third-order valence-corrected chi connectivity index (χ3v) is 4.01. The Morgan fingerprint density at radius 3 is 2.55 bits per heavy atom. The van der Waals surface area contributed by atoms with Gasteiger partial charge in [-0.25, -0.2) is 4.39 Å². The smallest absolute Gasteiger partial charge is 0.125 e. The second-order valence-corrected chi connectivity index (χ2v) is 5.39. The number of halogens is 4. The van der Waals surface area contributed by atoms with Crippen molar-refractivity contribution in [2.75, 3.05) is 11.9 Å². The fourth-order valence-electron chi connectivity index (χ4n) is 1.85. The van der Waals surface area contributed by atoms with Crippen LogP contribution in [0.1, 0.15) is 11.6 Å². The summed E-state index contributed by atoms with van der Waals surface area (Å²) in [5.74, 6) is -0.384. The Balaban J connectivity index is 2.34. The van der Waals surface area contributed by atoms with Crippen molar-refractivity contribution in [2.45, 2.75) is 6.04 Å². The van der Waals surface area contributed by atoms with Gasteiger partial charge in [0, 0.05) is 6.54 Å². The molecule has 0 amide bonds. The third kappa shape index (κ3) is 3.36. The van der Waals surface area contributed by atoms with Gasteiger partial charge in [0.25, 0.3) is 0 Å². The lowest BCUT2D eigenvalue weighted by atomic mass is 10.1. The van der Waals surface area contributed by atoms with E-state index in [1.54, 1.807) is 12.1 Å². The summed E-state index contributed by atoms with van der Waals surface area (Å²) in [6.45, 7) is 0.257. The minimum Gasteiger partial charge on any atom is -0.376 e. The van der Waals surface area contributed by atoms with Gasteiger partial charge in [-0.1, -0.05) is 46.9 Å². The highest BCUT2D eigenvalue weighted by Crippen LogP contribution is 2.33. The summed E-state index contributed by atoms with van der Waals surface area (Å²) in [5.41, 5.74) is 6.95. The lowest BCUT2D eigenvalue weighted by molar-refractivity contribution is 0.627. The number of benzene rings is 2. The van der Waals surface area contributed by atoms with Crippen LogP contribution in [-0.2, 0) is 0 Å². The van der Waals surface area contributed by atoms with Crippen LogP contribution in [0.4, 0.5) is 10.1 Å². The van der Waals surface area contributed by atoms with Crippen LogP contribution in [0.25, 0.3) is 0 Å². The maximum absolute atomic E-state index is 13.3. The Bertz CT molecular complexity index is 619. The van der Waals surface area contributed by atoms with Gasteiger partial charge in [-0.3, -0.25) is 0 Å². The van der Waals surface area contributed by atoms with Crippen LogP contribution in [0.2, 0.25) is 15.1 Å². The van der Waals surface area contributed by atoms with E-state index in [-0.39, 0.29) is 18.4 Å². The number of hydrogen-bond acceptors (Lipinski definition) is 2. The highest BCUT2D eigenvalue weighted by Gasteiger charge is 2.16. The van der Waals surface area contributed by atoms with Crippen molar-refractivity contribution >= 4 is 40.5 Å². The van der Waals surface area contributed by atoms with E-state index in [9.17, 15) is 4.39 Å². The molecule has 0 bridgehead atoms. The molecule has 2 rings (SSSR count). The average Bonchev–Trinajstić information content (AvgIpc) is 2.43. The molecule has 3 N–H and O–H groups in total. The van der Waals surface area contributed by atoms with Crippen molar-refractivity contribution < 1.29 is 4.39 Å². The van der Waals surface area contributed by atoms with E-state index in [0.717, 1.165) is 5.56 Å². The molecule has 0 aromatic heterocycles. The fraction of sp³-hybridized carbons (Fsp3) is 0.143. The van der Waals surface area contributed by atoms with E-state index >= 15 is 0 Å². The van der Waals surface area contributed by atoms with Gasteiger partial charge in [0.1, 0.15) is 5.82 Å². The average molecular weight is 334 g/mol. The van der Waals surface area contributed by atoms with E-state index in [0.29, 0.717) is 20.8 Å². The molecule has 0 radical (unpaired) electrons. The molecule has 106 valence electrons. The minimum absolute atomic E-state index is 0.257. The summed E-state index contributed by atoms with van der Waals surface area (Å²) in [5, 5.41) is 4.35. The van der Waals surface area contributed by atoms with Crippen LogP contribution < -0.4 is 11.1 Å². The number of anilines is 1. The van der Waals surface area contributed by atoms with E-state index in [4.69, 9.17) is 40.5 Å². The molecule has 0 saturated heterocycles. The molecule has 1 atom stereocenters. The second kappa shape index (κ2) is 6.64. The lowest BCUT2D eigenvalue weighted by Gasteiger charge is -2.21. The number of hydrogen-bond donors (Lipinski definition) is 2. The molecule has 2 nitrogen and oxygen atoms in total. The molecule has 0 saturated carbocycles. The molecular formula is C14H12Cl3FN2. The van der Waals surface area contributed by atoms with Crippen LogP contribution in [-0.4, -0.2) is 6.54 Å². The van der Waals surface area contributed by atoms with Crippen LogP contribution in [0.3, 0.4) is 0 Å². The summed E-state index contributed by atoms with van der Waals surface area (Å²) in [4.78, 5) is 0. The van der Waals surface area contributed by atoms with E-state index in [1.165, 1.54) is 18.2 Å². The molecule has 6 heteroatoms. The first-order valence-electron chi connectivity index (χ1n) is 5.88. The van der Waals surface area contributed by atoms with Crippen LogP contribution >= 0.6 is 34.8 Å². The number of rotatable bonds is 4. The largest absolute Gasteiger partial charge is 0.376 e. The maximum atomic E-state index is 13.3. The molecule has 0 aliphatic carbocycles. The predicted octanol–water partition coefficient (Wildman–Crippen LogP) is 4.90. The normalized spacial score (nSPS) is 12.2. The summed E-state index contributed by atoms with van der Waals surface area (Å²) in [6.07, 6.45) is 0. The summed E-state index contributed by atoms with van der Waals surface area (Å²) in [7, 11) is 0. The lowest BCUT2D eigenvalue weighted by Crippen LogP contribution is -2.21. The fourth-order valence-corrected chi connectivity index (χ4v) is 2.46. The van der Waals surface area contributed by atoms with Crippen LogP contribution in [0.15, 0.2) is 36.4 Å². The summed E-state index contributed by atoms with van der Waals surface area (Å²) in [6, 6.07) is 9.04. The molecule has 1 unspecified atom stereocenters.